The predicted molar refractivity (Wildman–Crippen MR) is 92.6 cm³/mol. The third kappa shape index (κ3) is 6.44. The minimum Gasteiger partial charge on any atom is -0.425 e. The van der Waals surface area contributed by atoms with Crippen molar-refractivity contribution in [2.75, 3.05) is 18.6 Å². The van der Waals surface area contributed by atoms with E-state index in [0.717, 1.165) is 24.3 Å². The number of hydrogen-bond acceptors (Lipinski definition) is 5. The second-order valence-electron chi connectivity index (χ2n) is 5.45. The van der Waals surface area contributed by atoms with E-state index in [1.54, 1.807) is 11.8 Å². The number of hydrogen-bond donors (Lipinski definition) is 1. The smallest absolute Gasteiger partial charge is 0.220 e. The van der Waals surface area contributed by atoms with E-state index >= 15 is 0 Å². The number of aryl methyl sites for hydroxylation is 2. The molecule has 2 aromatic rings. The average molecular weight is 333 g/mol. The van der Waals surface area contributed by atoms with E-state index in [4.69, 9.17) is 4.42 Å². The maximum atomic E-state index is 11.7. The predicted octanol–water partition coefficient (Wildman–Crippen LogP) is 2.77. The molecule has 0 spiro atoms. The van der Waals surface area contributed by atoms with Crippen molar-refractivity contribution in [3.05, 3.63) is 47.2 Å². The Morgan fingerprint density at radius 1 is 1.30 bits per heavy atom. The van der Waals surface area contributed by atoms with Crippen LogP contribution in [0.15, 0.2) is 28.7 Å². The number of aromatic nitrogens is 2. The first-order chi connectivity index (χ1) is 11.2. The van der Waals surface area contributed by atoms with Crippen molar-refractivity contribution in [2.24, 2.45) is 0 Å². The van der Waals surface area contributed by atoms with Crippen LogP contribution in [0.5, 0.6) is 0 Å². The number of amides is 1. The molecule has 0 atom stereocenters. The quantitative estimate of drug-likeness (QED) is 0.715. The lowest BCUT2D eigenvalue weighted by Crippen LogP contribution is -2.25. The summed E-state index contributed by atoms with van der Waals surface area (Å²) in [6.45, 7) is 2.78. The van der Waals surface area contributed by atoms with E-state index in [2.05, 4.69) is 40.8 Å². The van der Waals surface area contributed by atoms with Crippen LogP contribution in [0.2, 0.25) is 0 Å². The molecule has 5 nitrogen and oxygen atoms in total. The van der Waals surface area contributed by atoms with Gasteiger partial charge >= 0.3 is 0 Å². The summed E-state index contributed by atoms with van der Waals surface area (Å²) >= 11 is 1.78. The van der Waals surface area contributed by atoms with Crippen LogP contribution in [0.4, 0.5) is 0 Å². The van der Waals surface area contributed by atoms with Crippen molar-refractivity contribution < 1.29 is 9.21 Å². The largest absolute Gasteiger partial charge is 0.425 e. The molecule has 0 saturated carbocycles. The molecule has 0 radical (unpaired) electrons. The Morgan fingerprint density at radius 3 is 2.91 bits per heavy atom. The van der Waals surface area contributed by atoms with Crippen molar-refractivity contribution in [1.29, 1.82) is 0 Å². The molecule has 0 aliphatic carbocycles. The molecule has 124 valence electrons. The van der Waals surface area contributed by atoms with Gasteiger partial charge in [-0.2, -0.15) is 11.8 Å². The molecule has 0 bridgehead atoms. The molecule has 1 amide bonds. The van der Waals surface area contributed by atoms with Crippen LogP contribution in [0, 0.1) is 6.92 Å². The Hall–Kier alpha value is -1.82. The van der Waals surface area contributed by atoms with Gasteiger partial charge in [0.25, 0.3) is 0 Å². The fraction of sp³-hybridized carbons (Fsp3) is 0.471. The van der Waals surface area contributed by atoms with Gasteiger partial charge < -0.3 is 9.73 Å². The molecule has 0 saturated heterocycles. The summed E-state index contributed by atoms with van der Waals surface area (Å²) in [4.78, 5) is 11.7. The molecular formula is C17H23N3O2S. The lowest BCUT2D eigenvalue weighted by atomic mass is 10.1. The number of nitrogens with zero attached hydrogens (tertiary/aromatic N) is 2. The molecule has 1 N–H and O–H groups in total. The molecule has 23 heavy (non-hydrogen) atoms. The summed E-state index contributed by atoms with van der Waals surface area (Å²) in [7, 11) is 0. The van der Waals surface area contributed by atoms with Gasteiger partial charge in [-0.3, -0.25) is 4.79 Å². The average Bonchev–Trinajstić information content (AvgIpc) is 2.97. The summed E-state index contributed by atoms with van der Waals surface area (Å²) in [5, 5.41) is 11.0. The van der Waals surface area contributed by atoms with E-state index in [0.29, 0.717) is 31.0 Å². The second-order valence-corrected chi connectivity index (χ2v) is 6.44. The second kappa shape index (κ2) is 9.35. The number of nitrogens with one attached hydrogen (secondary N) is 1. The molecule has 2 rings (SSSR count). The van der Waals surface area contributed by atoms with Crippen LogP contribution in [-0.2, 0) is 17.6 Å². The minimum atomic E-state index is 0.0320. The first-order valence-corrected chi connectivity index (χ1v) is 9.19. The SMILES string of the molecule is CSCCCNC(=O)CCc1nnc(Cc2cccc(C)c2)o1. The number of benzene rings is 1. The highest BCUT2D eigenvalue weighted by atomic mass is 32.2. The van der Waals surface area contributed by atoms with Gasteiger partial charge in [-0.1, -0.05) is 29.8 Å². The zero-order chi connectivity index (χ0) is 16.5. The van der Waals surface area contributed by atoms with Crippen molar-refractivity contribution in [3.8, 4) is 0 Å². The zero-order valence-electron chi connectivity index (χ0n) is 13.7. The first-order valence-electron chi connectivity index (χ1n) is 7.80. The topological polar surface area (TPSA) is 68.0 Å². The van der Waals surface area contributed by atoms with Crippen molar-refractivity contribution in [2.45, 2.75) is 32.6 Å². The Bertz CT molecular complexity index is 628. The van der Waals surface area contributed by atoms with Gasteiger partial charge in [-0.15, -0.1) is 10.2 Å². The van der Waals surface area contributed by atoms with Gasteiger partial charge in [0.1, 0.15) is 0 Å². The van der Waals surface area contributed by atoms with Gasteiger partial charge in [-0.25, -0.2) is 0 Å². The van der Waals surface area contributed by atoms with Crippen molar-refractivity contribution in [3.63, 3.8) is 0 Å². The van der Waals surface area contributed by atoms with Crippen LogP contribution < -0.4 is 5.32 Å². The van der Waals surface area contributed by atoms with Crippen LogP contribution in [-0.4, -0.2) is 34.7 Å². The van der Waals surface area contributed by atoms with E-state index in [1.807, 2.05) is 12.1 Å². The normalized spacial score (nSPS) is 10.7. The Labute approximate surface area is 141 Å². The summed E-state index contributed by atoms with van der Waals surface area (Å²) in [5.41, 5.74) is 2.35. The van der Waals surface area contributed by atoms with E-state index in [-0.39, 0.29) is 5.91 Å². The van der Waals surface area contributed by atoms with Crippen molar-refractivity contribution in [1.82, 2.24) is 15.5 Å². The molecule has 0 fully saturated rings. The molecule has 1 heterocycles. The molecule has 0 aliphatic rings. The van der Waals surface area contributed by atoms with Crippen molar-refractivity contribution >= 4 is 17.7 Å². The van der Waals surface area contributed by atoms with E-state index in [9.17, 15) is 4.79 Å². The highest BCUT2D eigenvalue weighted by Crippen LogP contribution is 2.11. The molecule has 6 heteroatoms. The Kier molecular flexibility index (Phi) is 7.13. The van der Waals surface area contributed by atoms with Gasteiger partial charge in [0.05, 0.1) is 6.42 Å². The lowest BCUT2D eigenvalue weighted by Gasteiger charge is -2.02. The van der Waals surface area contributed by atoms with E-state index in [1.165, 1.54) is 5.56 Å². The van der Waals surface area contributed by atoms with Crippen LogP contribution >= 0.6 is 11.8 Å². The highest BCUT2D eigenvalue weighted by Gasteiger charge is 2.09. The van der Waals surface area contributed by atoms with Gasteiger partial charge in [0.15, 0.2) is 0 Å². The van der Waals surface area contributed by atoms with Gasteiger partial charge in [0, 0.05) is 19.4 Å². The number of rotatable bonds is 9. The maximum absolute atomic E-state index is 11.7. The number of carbonyl (C=O) groups excluding carboxylic acids is 1. The van der Waals surface area contributed by atoms with Gasteiger partial charge in [0.2, 0.25) is 17.7 Å². The molecule has 1 aromatic carbocycles. The fourth-order valence-electron chi connectivity index (χ4n) is 2.21. The van der Waals surface area contributed by atoms with Crippen LogP contribution in [0.3, 0.4) is 0 Å². The maximum Gasteiger partial charge on any atom is 0.220 e. The monoisotopic (exact) mass is 333 g/mol. The number of carbonyl (C=O) groups is 1. The summed E-state index contributed by atoms with van der Waals surface area (Å²) in [6, 6.07) is 8.22. The Morgan fingerprint density at radius 2 is 2.13 bits per heavy atom. The third-order valence-corrected chi connectivity index (χ3v) is 4.06. The molecule has 0 aliphatic heterocycles. The highest BCUT2D eigenvalue weighted by molar-refractivity contribution is 7.98. The first kappa shape index (κ1) is 17.5. The summed E-state index contributed by atoms with van der Waals surface area (Å²) in [6.07, 6.45) is 4.54. The fourth-order valence-corrected chi connectivity index (χ4v) is 2.64. The Balaban J connectivity index is 1.75. The van der Waals surface area contributed by atoms with E-state index < -0.39 is 0 Å². The van der Waals surface area contributed by atoms with Crippen LogP contribution in [0.25, 0.3) is 0 Å². The zero-order valence-corrected chi connectivity index (χ0v) is 14.5. The number of thioether (sulfide) groups is 1. The molecule has 0 unspecified atom stereocenters. The van der Waals surface area contributed by atoms with Gasteiger partial charge in [-0.05, 0) is 30.9 Å². The van der Waals surface area contributed by atoms with Crippen LogP contribution in [0.1, 0.15) is 35.7 Å². The summed E-state index contributed by atoms with van der Waals surface area (Å²) in [5.74, 6) is 2.20. The standard InChI is InChI=1S/C17H23N3O2S/c1-13-5-3-6-14(11-13)12-17-20-19-16(22-17)8-7-15(21)18-9-4-10-23-2/h3,5-6,11H,4,7-10,12H2,1-2H3,(H,18,21). The molecular weight excluding hydrogens is 310 g/mol. The minimum absolute atomic E-state index is 0.0320. The third-order valence-electron chi connectivity index (χ3n) is 3.36. The molecule has 1 aromatic heterocycles. The lowest BCUT2D eigenvalue weighted by molar-refractivity contribution is -0.121. The summed E-state index contributed by atoms with van der Waals surface area (Å²) < 4.78 is 5.62.